The van der Waals surface area contributed by atoms with E-state index in [1.165, 1.54) is 17.8 Å². The lowest BCUT2D eigenvalue weighted by Crippen LogP contribution is -1.99. The lowest BCUT2D eigenvalue weighted by atomic mass is 10.2. The molecule has 5 heteroatoms. The van der Waals surface area contributed by atoms with Crippen LogP contribution < -0.4 is 11.2 Å². The third-order valence-corrected chi connectivity index (χ3v) is 3.63. The number of nitrogens with two attached hydrogens (primary N) is 1. The molecule has 1 aromatic heterocycles. The molecule has 1 aromatic carbocycles. The van der Waals surface area contributed by atoms with E-state index in [1.54, 1.807) is 0 Å². The van der Waals surface area contributed by atoms with Crippen molar-refractivity contribution in [2.75, 3.05) is 5.73 Å². The van der Waals surface area contributed by atoms with E-state index in [1.807, 2.05) is 25.1 Å². The van der Waals surface area contributed by atoms with Gasteiger partial charge in [0.1, 0.15) is 12.0 Å². The first-order valence-electron chi connectivity index (χ1n) is 5.36. The first-order chi connectivity index (χ1) is 8.56. The molecule has 0 fully saturated rings. The van der Waals surface area contributed by atoms with E-state index in [0.717, 1.165) is 16.7 Å². The summed E-state index contributed by atoms with van der Waals surface area (Å²) >= 11 is 1.53. The largest absolute Gasteiger partial charge is 0.502 e. The number of thioether (sulfide) groups is 1. The average Bonchev–Trinajstić information content (AvgIpc) is 2.34. The molecule has 2 rings (SSSR count). The molecule has 0 saturated carbocycles. The summed E-state index contributed by atoms with van der Waals surface area (Å²) in [6, 6.07) is 6.98. The van der Waals surface area contributed by atoms with Gasteiger partial charge in [-0.2, -0.15) is 0 Å². The van der Waals surface area contributed by atoms with Crippen LogP contribution in [0, 0.1) is 6.92 Å². The Hall–Kier alpha value is -1.88. The molecular formula is C13H13NO3S. The number of rotatable bonds is 3. The highest BCUT2D eigenvalue weighted by Gasteiger charge is 2.05. The SMILES string of the molecule is Cc1ccc(N)cc1SCc1cc(=O)c(O)co1. The number of aromatic hydroxyl groups is 1. The zero-order valence-electron chi connectivity index (χ0n) is 9.84. The first kappa shape index (κ1) is 12.6. The monoisotopic (exact) mass is 263 g/mol. The predicted molar refractivity (Wildman–Crippen MR) is 71.8 cm³/mol. The lowest BCUT2D eigenvalue weighted by molar-refractivity contribution is 0.419. The maximum absolute atomic E-state index is 11.2. The fourth-order valence-electron chi connectivity index (χ4n) is 1.44. The summed E-state index contributed by atoms with van der Waals surface area (Å²) in [4.78, 5) is 12.3. The second-order valence-electron chi connectivity index (χ2n) is 3.91. The van der Waals surface area contributed by atoms with Gasteiger partial charge in [-0.25, -0.2) is 0 Å². The van der Waals surface area contributed by atoms with Gasteiger partial charge in [-0.3, -0.25) is 4.79 Å². The van der Waals surface area contributed by atoms with E-state index in [2.05, 4.69) is 0 Å². The van der Waals surface area contributed by atoms with Crippen molar-refractivity contribution in [1.82, 2.24) is 0 Å². The Morgan fingerprint density at radius 1 is 1.39 bits per heavy atom. The van der Waals surface area contributed by atoms with Crippen LogP contribution in [0.5, 0.6) is 5.75 Å². The summed E-state index contributed by atoms with van der Waals surface area (Å²) in [6.07, 6.45) is 1.06. The van der Waals surface area contributed by atoms with Crippen LogP contribution in [0.25, 0.3) is 0 Å². The van der Waals surface area contributed by atoms with Crippen molar-refractivity contribution in [2.45, 2.75) is 17.6 Å². The van der Waals surface area contributed by atoms with Gasteiger partial charge in [0.2, 0.25) is 5.43 Å². The molecule has 0 bridgehead atoms. The fraction of sp³-hybridized carbons (Fsp3) is 0.154. The molecule has 94 valence electrons. The third kappa shape index (κ3) is 2.87. The summed E-state index contributed by atoms with van der Waals surface area (Å²) in [5, 5.41) is 9.08. The molecule has 0 aliphatic carbocycles. The average molecular weight is 263 g/mol. The normalized spacial score (nSPS) is 10.5. The van der Waals surface area contributed by atoms with Gasteiger partial charge < -0.3 is 15.3 Å². The van der Waals surface area contributed by atoms with Gasteiger partial charge in [0, 0.05) is 16.6 Å². The maximum atomic E-state index is 11.2. The quantitative estimate of drug-likeness (QED) is 0.657. The number of nitrogen functional groups attached to an aromatic ring is 1. The van der Waals surface area contributed by atoms with Crippen LogP contribution in [0.2, 0.25) is 0 Å². The van der Waals surface area contributed by atoms with Crippen molar-refractivity contribution in [1.29, 1.82) is 0 Å². The van der Waals surface area contributed by atoms with E-state index in [-0.39, 0.29) is 5.75 Å². The van der Waals surface area contributed by atoms with Crippen LogP contribution in [-0.4, -0.2) is 5.11 Å². The second-order valence-corrected chi connectivity index (χ2v) is 4.93. The van der Waals surface area contributed by atoms with Crippen molar-refractivity contribution in [3.05, 3.63) is 52.1 Å². The summed E-state index contributed by atoms with van der Waals surface area (Å²) in [7, 11) is 0. The van der Waals surface area contributed by atoms with E-state index in [4.69, 9.17) is 15.3 Å². The van der Waals surface area contributed by atoms with E-state index < -0.39 is 5.43 Å². The number of aryl methyl sites for hydroxylation is 1. The number of benzene rings is 1. The van der Waals surface area contributed by atoms with Gasteiger partial charge >= 0.3 is 0 Å². The summed E-state index contributed by atoms with van der Waals surface area (Å²) in [6.45, 7) is 1.99. The Kier molecular flexibility index (Phi) is 3.62. The highest BCUT2D eigenvalue weighted by Crippen LogP contribution is 2.27. The molecule has 0 aliphatic heterocycles. The van der Waals surface area contributed by atoms with Crippen LogP contribution in [0.15, 0.2) is 44.6 Å². The van der Waals surface area contributed by atoms with E-state index in [9.17, 15) is 4.79 Å². The van der Waals surface area contributed by atoms with Gasteiger partial charge in [-0.15, -0.1) is 11.8 Å². The molecule has 0 spiro atoms. The van der Waals surface area contributed by atoms with Crippen molar-refractivity contribution in [3.63, 3.8) is 0 Å². The maximum Gasteiger partial charge on any atom is 0.226 e. The molecule has 1 heterocycles. The third-order valence-electron chi connectivity index (χ3n) is 2.45. The summed E-state index contributed by atoms with van der Waals surface area (Å²) < 4.78 is 5.13. The van der Waals surface area contributed by atoms with E-state index in [0.29, 0.717) is 17.2 Å². The van der Waals surface area contributed by atoms with Crippen molar-refractivity contribution >= 4 is 17.4 Å². The summed E-state index contributed by atoms with van der Waals surface area (Å²) in [5.41, 5.74) is 7.12. The van der Waals surface area contributed by atoms with Gasteiger partial charge in [-0.05, 0) is 24.6 Å². The van der Waals surface area contributed by atoms with Crippen LogP contribution >= 0.6 is 11.8 Å². The molecule has 0 saturated heterocycles. The zero-order chi connectivity index (χ0) is 13.1. The molecule has 0 aliphatic rings. The number of hydrogen-bond donors (Lipinski definition) is 2. The number of anilines is 1. The highest BCUT2D eigenvalue weighted by molar-refractivity contribution is 7.98. The van der Waals surface area contributed by atoms with Crippen LogP contribution in [0.4, 0.5) is 5.69 Å². The topological polar surface area (TPSA) is 76.5 Å². The van der Waals surface area contributed by atoms with Gasteiger partial charge in [-0.1, -0.05) is 6.07 Å². The van der Waals surface area contributed by atoms with E-state index >= 15 is 0 Å². The van der Waals surface area contributed by atoms with Crippen LogP contribution in [0.3, 0.4) is 0 Å². The molecular weight excluding hydrogens is 250 g/mol. The molecule has 2 aromatic rings. The standard InChI is InChI=1S/C13H13NO3S/c1-8-2-3-9(14)4-13(8)18-7-10-5-11(15)12(16)6-17-10/h2-6,16H,7,14H2,1H3. The molecule has 0 atom stereocenters. The minimum Gasteiger partial charge on any atom is -0.502 e. The van der Waals surface area contributed by atoms with Gasteiger partial charge in [0.25, 0.3) is 0 Å². The van der Waals surface area contributed by atoms with Crippen molar-refractivity contribution in [2.24, 2.45) is 0 Å². The molecule has 4 nitrogen and oxygen atoms in total. The molecule has 18 heavy (non-hydrogen) atoms. The molecule has 3 N–H and O–H groups in total. The van der Waals surface area contributed by atoms with Crippen LogP contribution in [0.1, 0.15) is 11.3 Å². The smallest absolute Gasteiger partial charge is 0.226 e. The van der Waals surface area contributed by atoms with Gasteiger partial charge in [0.05, 0.1) is 5.75 Å². The van der Waals surface area contributed by atoms with Crippen molar-refractivity contribution < 1.29 is 9.52 Å². The summed E-state index contributed by atoms with van der Waals surface area (Å²) in [5.74, 6) is 0.660. The Labute approximate surface area is 108 Å². The Morgan fingerprint density at radius 3 is 2.89 bits per heavy atom. The lowest BCUT2D eigenvalue weighted by Gasteiger charge is -2.06. The molecule has 0 unspecified atom stereocenters. The zero-order valence-corrected chi connectivity index (χ0v) is 10.7. The Bertz CT molecular complexity index is 622. The minimum absolute atomic E-state index is 0.371. The number of hydrogen-bond acceptors (Lipinski definition) is 5. The second kappa shape index (κ2) is 5.18. The van der Waals surface area contributed by atoms with Crippen molar-refractivity contribution in [3.8, 4) is 5.75 Å². The Balaban J connectivity index is 2.13. The Morgan fingerprint density at radius 2 is 2.17 bits per heavy atom. The molecule has 0 amide bonds. The highest BCUT2D eigenvalue weighted by atomic mass is 32.2. The first-order valence-corrected chi connectivity index (χ1v) is 6.34. The fourth-order valence-corrected chi connectivity index (χ4v) is 2.40. The predicted octanol–water partition coefficient (Wildman–Crippen LogP) is 2.53. The van der Waals surface area contributed by atoms with Crippen LogP contribution in [-0.2, 0) is 5.75 Å². The minimum atomic E-state index is -0.429. The van der Waals surface area contributed by atoms with Gasteiger partial charge in [0.15, 0.2) is 5.75 Å². The molecule has 0 radical (unpaired) electrons.